The van der Waals surface area contributed by atoms with E-state index in [2.05, 4.69) is 53.1 Å². The summed E-state index contributed by atoms with van der Waals surface area (Å²) in [7, 11) is 0. The molecule has 0 fully saturated rings. The summed E-state index contributed by atoms with van der Waals surface area (Å²) < 4.78 is 7.84. The Morgan fingerprint density at radius 2 is 1.62 bits per heavy atom. The van der Waals surface area contributed by atoms with E-state index < -0.39 is 5.97 Å². The summed E-state index contributed by atoms with van der Waals surface area (Å²) in [6.07, 6.45) is 0. The molecule has 0 aliphatic rings. The van der Waals surface area contributed by atoms with E-state index in [4.69, 9.17) is 9.84 Å². The molecule has 0 bridgehead atoms. The molecule has 0 aliphatic heterocycles. The molecule has 1 amide bonds. The van der Waals surface area contributed by atoms with E-state index in [0.717, 1.165) is 19.0 Å². The topological polar surface area (TPSA) is 75.6 Å². The second kappa shape index (κ2) is 8.64. The van der Waals surface area contributed by atoms with E-state index in [1.54, 1.807) is 12.1 Å². The first-order valence-corrected chi connectivity index (χ1v) is 9.11. The Labute approximate surface area is 163 Å². The molecule has 8 heteroatoms. The van der Waals surface area contributed by atoms with Gasteiger partial charge in [0.15, 0.2) is 6.61 Å². The lowest BCUT2D eigenvalue weighted by molar-refractivity contribution is -0.123. The van der Waals surface area contributed by atoms with Gasteiger partial charge in [-0.25, -0.2) is 4.79 Å². The Hall–Kier alpha value is -1.38. The van der Waals surface area contributed by atoms with E-state index in [1.165, 1.54) is 12.1 Å². The molecule has 0 saturated heterocycles. The van der Waals surface area contributed by atoms with Gasteiger partial charge in [0.25, 0.3) is 5.91 Å². The summed E-state index contributed by atoms with van der Waals surface area (Å²) >= 11 is 10.1. The Balaban J connectivity index is 1.87. The zero-order valence-electron chi connectivity index (χ0n) is 12.2. The van der Waals surface area contributed by atoms with Gasteiger partial charge in [-0.05, 0) is 61.7 Å². The minimum absolute atomic E-state index is 0.133. The molecule has 24 heavy (non-hydrogen) atoms. The number of hydrogen-bond donors (Lipinski definition) is 2. The third-order valence-corrected chi connectivity index (χ3v) is 4.64. The van der Waals surface area contributed by atoms with Crippen molar-refractivity contribution in [2.24, 2.45) is 0 Å². The number of ether oxygens (including phenoxy) is 1. The molecular weight excluding hydrogens is 510 g/mol. The van der Waals surface area contributed by atoms with E-state index in [9.17, 15) is 9.59 Å². The average molecular weight is 522 g/mol. The van der Waals surface area contributed by atoms with Gasteiger partial charge in [0.2, 0.25) is 0 Å². The molecule has 0 radical (unpaired) electrons. The molecule has 0 aromatic heterocycles. The third kappa shape index (κ3) is 5.32. The number of hydrogen-bond acceptors (Lipinski definition) is 3. The first kappa shape index (κ1) is 19.0. The maximum atomic E-state index is 11.9. The zero-order valence-corrected chi connectivity index (χ0v) is 16.9. The number of rotatable bonds is 6. The normalized spacial score (nSPS) is 10.3. The fourth-order valence-electron chi connectivity index (χ4n) is 1.82. The number of carbonyl (C=O) groups excluding carboxylic acids is 1. The number of carboxylic acid groups (broad SMARTS) is 1. The van der Waals surface area contributed by atoms with Crippen molar-refractivity contribution in [1.82, 2.24) is 5.32 Å². The molecule has 0 heterocycles. The molecular formula is C16H12Br3NO4. The van der Waals surface area contributed by atoms with Crippen molar-refractivity contribution < 1.29 is 19.4 Å². The van der Waals surface area contributed by atoms with E-state index in [0.29, 0.717) is 12.3 Å². The fraction of sp³-hybridized carbons (Fsp3) is 0.125. The van der Waals surface area contributed by atoms with Crippen molar-refractivity contribution in [1.29, 1.82) is 0 Å². The monoisotopic (exact) mass is 519 g/mol. The van der Waals surface area contributed by atoms with Gasteiger partial charge >= 0.3 is 5.97 Å². The van der Waals surface area contributed by atoms with Gasteiger partial charge in [-0.15, -0.1) is 0 Å². The SMILES string of the molecule is O=C(COc1c(Br)cc(Br)cc1Br)NCc1ccc(C(=O)O)cc1. The van der Waals surface area contributed by atoms with Crippen LogP contribution >= 0.6 is 47.8 Å². The fourth-order valence-corrected chi connectivity index (χ4v) is 4.31. The van der Waals surface area contributed by atoms with E-state index in [-0.39, 0.29) is 18.1 Å². The maximum absolute atomic E-state index is 11.9. The highest BCUT2D eigenvalue weighted by Gasteiger charge is 2.11. The van der Waals surface area contributed by atoms with Crippen molar-refractivity contribution in [3.05, 3.63) is 60.9 Å². The van der Waals surface area contributed by atoms with Gasteiger partial charge in [0.05, 0.1) is 14.5 Å². The van der Waals surface area contributed by atoms with Crippen LogP contribution < -0.4 is 10.1 Å². The Morgan fingerprint density at radius 1 is 1.04 bits per heavy atom. The summed E-state index contributed by atoms with van der Waals surface area (Å²) in [6.45, 7) is 0.164. The lowest BCUT2D eigenvalue weighted by atomic mass is 10.1. The number of carbonyl (C=O) groups is 2. The number of nitrogens with one attached hydrogen (secondary N) is 1. The van der Waals surface area contributed by atoms with E-state index >= 15 is 0 Å². The van der Waals surface area contributed by atoms with Crippen LogP contribution in [0.5, 0.6) is 5.75 Å². The minimum atomic E-state index is -0.982. The number of aromatic carboxylic acids is 1. The van der Waals surface area contributed by atoms with Crippen LogP contribution in [0.2, 0.25) is 0 Å². The van der Waals surface area contributed by atoms with Crippen LogP contribution in [0.3, 0.4) is 0 Å². The smallest absolute Gasteiger partial charge is 0.335 e. The number of amides is 1. The Bertz CT molecular complexity index is 739. The van der Waals surface area contributed by atoms with E-state index in [1.807, 2.05) is 12.1 Å². The lowest BCUT2D eigenvalue weighted by Gasteiger charge is -2.11. The quantitative estimate of drug-likeness (QED) is 0.592. The molecule has 2 aromatic rings. The van der Waals surface area contributed by atoms with Crippen LogP contribution in [0.15, 0.2) is 49.8 Å². The molecule has 5 nitrogen and oxygen atoms in total. The summed E-state index contributed by atoms with van der Waals surface area (Å²) in [4.78, 5) is 22.7. The Kier molecular flexibility index (Phi) is 6.82. The second-order valence-corrected chi connectivity index (χ2v) is 7.39. The maximum Gasteiger partial charge on any atom is 0.335 e. The molecule has 0 saturated carbocycles. The van der Waals surface area contributed by atoms with Gasteiger partial charge in [0, 0.05) is 11.0 Å². The molecule has 0 spiro atoms. The van der Waals surface area contributed by atoms with Crippen molar-refractivity contribution in [3.63, 3.8) is 0 Å². The summed E-state index contributed by atoms with van der Waals surface area (Å²) in [6, 6.07) is 9.95. The standard InChI is InChI=1S/C16H12Br3NO4/c17-11-5-12(18)15(13(19)6-11)24-8-14(21)20-7-9-1-3-10(4-2-9)16(22)23/h1-6H,7-8H2,(H,20,21)(H,22,23). The van der Waals surface area contributed by atoms with Gasteiger partial charge < -0.3 is 15.2 Å². The van der Waals surface area contributed by atoms with Crippen molar-refractivity contribution in [3.8, 4) is 5.75 Å². The highest BCUT2D eigenvalue weighted by molar-refractivity contribution is 9.11. The molecule has 0 unspecified atom stereocenters. The van der Waals surface area contributed by atoms with Gasteiger partial charge in [-0.2, -0.15) is 0 Å². The van der Waals surface area contributed by atoms with Crippen molar-refractivity contribution in [2.75, 3.05) is 6.61 Å². The number of carboxylic acids is 1. The number of benzene rings is 2. The van der Waals surface area contributed by atoms with Crippen LogP contribution in [-0.4, -0.2) is 23.6 Å². The summed E-state index contributed by atoms with van der Waals surface area (Å²) in [5, 5.41) is 11.6. The van der Waals surface area contributed by atoms with Crippen molar-refractivity contribution >= 4 is 59.7 Å². The lowest BCUT2D eigenvalue weighted by Crippen LogP contribution is -2.28. The van der Waals surface area contributed by atoms with Crippen LogP contribution in [0, 0.1) is 0 Å². The predicted molar refractivity (Wildman–Crippen MR) is 100 cm³/mol. The highest BCUT2D eigenvalue weighted by Crippen LogP contribution is 2.36. The molecule has 126 valence electrons. The van der Waals surface area contributed by atoms with Gasteiger partial charge in [-0.1, -0.05) is 28.1 Å². The van der Waals surface area contributed by atoms with Crippen molar-refractivity contribution in [2.45, 2.75) is 6.54 Å². The largest absolute Gasteiger partial charge is 0.481 e. The molecule has 2 N–H and O–H groups in total. The molecule has 2 aromatic carbocycles. The average Bonchev–Trinajstić information content (AvgIpc) is 2.52. The zero-order chi connectivity index (χ0) is 17.7. The highest BCUT2D eigenvalue weighted by atomic mass is 79.9. The summed E-state index contributed by atoms with van der Waals surface area (Å²) in [5.41, 5.74) is 1.01. The summed E-state index contributed by atoms with van der Waals surface area (Å²) in [5.74, 6) is -0.720. The van der Waals surface area contributed by atoms with Crippen LogP contribution in [0.25, 0.3) is 0 Å². The molecule has 0 atom stereocenters. The van der Waals surface area contributed by atoms with Gasteiger partial charge in [0.1, 0.15) is 5.75 Å². The Morgan fingerprint density at radius 3 is 2.17 bits per heavy atom. The predicted octanol–water partition coefficient (Wildman–Crippen LogP) is 4.37. The molecule has 0 aliphatic carbocycles. The second-order valence-electron chi connectivity index (χ2n) is 4.77. The van der Waals surface area contributed by atoms with Crippen LogP contribution in [-0.2, 0) is 11.3 Å². The van der Waals surface area contributed by atoms with Crippen LogP contribution in [0.1, 0.15) is 15.9 Å². The van der Waals surface area contributed by atoms with Crippen LogP contribution in [0.4, 0.5) is 0 Å². The minimum Gasteiger partial charge on any atom is -0.481 e. The third-order valence-electron chi connectivity index (χ3n) is 3.00. The first-order chi connectivity index (χ1) is 11.4. The number of halogens is 3. The first-order valence-electron chi connectivity index (χ1n) is 6.73. The van der Waals surface area contributed by atoms with Gasteiger partial charge in [-0.3, -0.25) is 4.79 Å². The molecule has 2 rings (SSSR count).